The summed E-state index contributed by atoms with van der Waals surface area (Å²) in [6.45, 7) is 3.72. The summed E-state index contributed by atoms with van der Waals surface area (Å²) in [6.07, 6.45) is 2.83. The second-order valence-corrected chi connectivity index (χ2v) is 5.59. The van der Waals surface area contributed by atoms with Gasteiger partial charge in [0.05, 0.1) is 13.2 Å². The first kappa shape index (κ1) is 12.3. The Balaban J connectivity index is 1.66. The quantitative estimate of drug-likeness (QED) is 0.760. The molecular weight excluding hydrogens is 244 g/mol. The molecule has 1 aliphatic heterocycles. The molecule has 1 aliphatic rings. The topological polar surface area (TPSA) is 44.2 Å². The maximum absolute atomic E-state index is 5.47. The maximum Gasteiger partial charge on any atom is 0.170 e. The van der Waals surface area contributed by atoms with Gasteiger partial charge >= 0.3 is 0 Å². The normalized spacial score (nSPS) is 17.8. The molecule has 1 aromatic heterocycles. The largest absolute Gasteiger partial charge is 0.353 e. The molecule has 0 bridgehead atoms. The Labute approximate surface area is 104 Å². The van der Waals surface area contributed by atoms with Crippen molar-refractivity contribution in [2.45, 2.75) is 36.8 Å². The molecule has 0 unspecified atom stereocenters. The van der Waals surface area contributed by atoms with Gasteiger partial charge in [-0.25, -0.2) is 4.98 Å². The van der Waals surface area contributed by atoms with Crippen molar-refractivity contribution in [1.29, 1.82) is 0 Å². The van der Waals surface area contributed by atoms with E-state index >= 15 is 0 Å². The summed E-state index contributed by atoms with van der Waals surface area (Å²) in [5.41, 5.74) is 0. The molecule has 2 heterocycles. The monoisotopic (exact) mass is 260 g/mol. The zero-order valence-corrected chi connectivity index (χ0v) is 11.0. The van der Waals surface area contributed by atoms with Gasteiger partial charge in [-0.15, -0.1) is 0 Å². The second kappa shape index (κ2) is 6.54. The van der Waals surface area contributed by atoms with Gasteiger partial charge in [-0.05, 0) is 18.0 Å². The van der Waals surface area contributed by atoms with E-state index in [0.717, 1.165) is 48.4 Å². The van der Waals surface area contributed by atoms with E-state index < -0.39 is 0 Å². The standard InChI is InChI=1S/C10H16N2O2S2/c1-2-8-11-10(16-12-8)15-7-4-9-13-5-3-6-14-9/h9H,2-7H2,1H3. The second-order valence-electron chi connectivity index (χ2n) is 3.49. The maximum atomic E-state index is 5.47. The van der Waals surface area contributed by atoms with Crippen LogP contribution in [0.4, 0.5) is 0 Å². The third-order valence-electron chi connectivity index (χ3n) is 2.24. The highest BCUT2D eigenvalue weighted by molar-refractivity contribution is 8.00. The Bertz CT molecular complexity index is 314. The lowest BCUT2D eigenvalue weighted by molar-refractivity contribution is -0.178. The molecule has 2 rings (SSSR count). The van der Waals surface area contributed by atoms with Crippen LogP contribution in [0.5, 0.6) is 0 Å². The Morgan fingerprint density at radius 1 is 1.44 bits per heavy atom. The van der Waals surface area contributed by atoms with Gasteiger partial charge < -0.3 is 9.47 Å². The molecule has 1 aromatic rings. The third-order valence-corrected chi connectivity index (χ3v) is 4.15. The lowest BCUT2D eigenvalue weighted by Gasteiger charge is -2.22. The summed E-state index contributed by atoms with van der Waals surface area (Å²) in [4.78, 5) is 4.40. The van der Waals surface area contributed by atoms with E-state index in [9.17, 15) is 0 Å². The summed E-state index contributed by atoms with van der Waals surface area (Å²) in [5, 5.41) is 0. The van der Waals surface area contributed by atoms with Gasteiger partial charge in [0, 0.05) is 18.6 Å². The highest BCUT2D eigenvalue weighted by atomic mass is 32.2. The SMILES string of the molecule is CCc1nsc(SCCC2OCCCO2)n1. The summed E-state index contributed by atoms with van der Waals surface area (Å²) in [5.74, 6) is 1.92. The number of ether oxygens (including phenoxy) is 2. The molecule has 16 heavy (non-hydrogen) atoms. The van der Waals surface area contributed by atoms with Crippen molar-refractivity contribution in [3.8, 4) is 0 Å². The first-order valence-electron chi connectivity index (χ1n) is 5.57. The van der Waals surface area contributed by atoms with Crippen LogP contribution in [0.3, 0.4) is 0 Å². The number of aryl methyl sites for hydroxylation is 1. The predicted octanol–water partition coefficient (Wildman–Crippen LogP) is 2.35. The van der Waals surface area contributed by atoms with Gasteiger partial charge in [-0.2, -0.15) is 4.37 Å². The fraction of sp³-hybridized carbons (Fsp3) is 0.800. The molecule has 1 fully saturated rings. The molecule has 0 radical (unpaired) electrons. The van der Waals surface area contributed by atoms with E-state index in [1.165, 1.54) is 11.5 Å². The molecule has 0 spiro atoms. The Morgan fingerprint density at radius 2 is 2.25 bits per heavy atom. The number of aromatic nitrogens is 2. The smallest absolute Gasteiger partial charge is 0.170 e. The lowest BCUT2D eigenvalue weighted by atomic mass is 10.4. The fourth-order valence-corrected chi connectivity index (χ4v) is 3.11. The van der Waals surface area contributed by atoms with Crippen LogP contribution in [0.1, 0.15) is 25.6 Å². The average Bonchev–Trinajstić information content (AvgIpc) is 2.78. The van der Waals surface area contributed by atoms with Crippen LogP contribution in [0.25, 0.3) is 0 Å². The molecule has 90 valence electrons. The molecule has 0 aliphatic carbocycles. The van der Waals surface area contributed by atoms with E-state index in [1.807, 2.05) is 0 Å². The number of nitrogens with zero attached hydrogens (tertiary/aromatic N) is 2. The van der Waals surface area contributed by atoms with Crippen LogP contribution in [0.15, 0.2) is 4.34 Å². The molecule has 6 heteroatoms. The molecule has 0 N–H and O–H groups in total. The minimum absolute atomic E-state index is 0.0141. The van der Waals surface area contributed by atoms with Crippen molar-refractivity contribution >= 4 is 23.3 Å². The van der Waals surface area contributed by atoms with Crippen LogP contribution in [-0.2, 0) is 15.9 Å². The summed E-state index contributed by atoms with van der Waals surface area (Å²) in [7, 11) is 0. The van der Waals surface area contributed by atoms with Gasteiger partial charge in [-0.3, -0.25) is 0 Å². The lowest BCUT2D eigenvalue weighted by Crippen LogP contribution is -2.25. The third kappa shape index (κ3) is 3.69. The molecular formula is C10H16N2O2S2. The average molecular weight is 260 g/mol. The van der Waals surface area contributed by atoms with E-state index in [1.54, 1.807) is 11.8 Å². The zero-order valence-electron chi connectivity index (χ0n) is 9.35. The Hall–Kier alpha value is -0.170. The van der Waals surface area contributed by atoms with Crippen LogP contribution in [0, 0.1) is 0 Å². The fourth-order valence-electron chi connectivity index (χ4n) is 1.39. The van der Waals surface area contributed by atoms with Crippen molar-refractivity contribution in [2.24, 2.45) is 0 Å². The van der Waals surface area contributed by atoms with Crippen LogP contribution in [0.2, 0.25) is 0 Å². The minimum Gasteiger partial charge on any atom is -0.353 e. The summed E-state index contributed by atoms with van der Waals surface area (Å²) < 4.78 is 16.2. The predicted molar refractivity (Wildman–Crippen MR) is 64.9 cm³/mol. The van der Waals surface area contributed by atoms with Crippen LogP contribution in [-0.4, -0.2) is 34.6 Å². The highest BCUT2D eigenvalue weighted by Gasteiger charge is 2.14. The molecule has 1 saturated heterocycles. The first-order chi connectivity index (χ1) is 7.88. The molecule has 0 aromatic carbocycles. The minimum atomic E-state index is -0.0141. The van der Waals surface area contributed by atoms with Gasteiger partial charge in [0.15, 0.2) is 10.6 Å². The number of rotatable bonds is 5. The zero-order chi connectivity index (χ0) is 11.2. The van der Waals surface area contributed by atoms with Crippen LogP contribution >= 0.6 is 23.3 Å². The Morgan fingerprint density at radius 3 is 2.94 bits per heavy atom. The van der Waals surface area contributed by atoms with E-state index in [4.69, 9.17) is 9.47 Å². The van der Waals surface area contributed by atoms with Gasteiger partial charge in [0.1, 0.15) is 5.82 Å². The number of hydrogen-bond donors (Lipinski definition) is 0. The van der Waals surface area contributed by atoms with E-state index in [0.29, 0.717) is 0 Å². The van der Waals surface area contributed by atoms with E-state index in [2.05, 4.69) is 16.3 Å². The summed E-state index contributed by atoms with van der Waals surface area (Å²) in [6, 6.07) is 0. The van der Waals surface area contributed by atoms with Crippen LogP contribution < -0.4 is 0 Å². The molecule has 0 amide bonds. The molecule has 0 atom stereocenters. The summed E-state index contributed by atoms with van der Waals surface area (Å²) >= 11 is 3.22. The van der Waals surface area contributed by atoms with Crippen molar-refractivity contribution in [2.75, 3.05) is 19.0 Å². The van der Waals surface area contributed by atoms with Gasteiger partial charge in [0.25, 0.3) is 0 Å². The highest BCUT2D eigenvalue weighted by Crippen LogP contribution is 2.22. The van der Waals surface area contributed by atoms with E-state index in [-0.39, 0.29) is 6.29 Å². The van der Waals surface area contributed by atoms with Crippen molar-refractivity contribution < 1.29 is 9.47 Å². The number of thioether (sulfide) groups is 1. The van der Waals surface area contributed by atoms with Gasteiger partial charge in [0.2, 0.25) is 0 Å². The number of hydrogen-bond acceptors (Lipinski definition) is 6. The molecule has 4 nitrogen and oxygen atoms in total. The van der Waals surface area contributed by atoms with Crippen molar-refractivity contribution in [1.82, 2.24) is 9.36 Å². The Kier molecular flexibility index (Phi) is 5.02. The molecule has 0 saturated carbocycles. The first-order valence-corrected chi connectivity index (χ1v) is 7.33. The van der Waals surface area contributed by atoms with Gasteiger partial charge in [-0.1, -0.05) is 18.7 Å². The van der Waals surface area contributed by atoms with Crippen molar-refractivity contribution in [3.63, 3.8) is 0 Å². The van der Waals surface area contributed by atoms with Crippen molar-refractivity contribution in [3.05, 3.63) is 5.82 Å².